The van der Waals surface area contributed by atoms with E-state index >= 15 is 0 Å². The maximum atomic E-state index is 12.1. The van der Waals surface area contributed by atoms with Crippen LogP contribution in [-0.4, -0.2) is 16.1 Å². The Kier molecular flexibility index (Phi) is 4.84. The van der Waals surface area contributed by atoms with Gasteiger partial charge in [-0.05, 0) is 12.0 Å². The predicted molar refractivity (Wildman–Crippen MR) is 78.8 cm³/mol. The van der Waals surface area contributed by atoms with Crippen LogP contribution < -0.4 is 11.1 Å². The summed E-state index contributed by atoms with van der Waals surface area (Å²) in [4.78, 5) is 12.3. The fraction of sp³-hybridized carbons (Fsp3) is 0.214. The molecule has 1 aromatic heterocycles. The van der Waals surface area contributed by atoms with Gasteiger partial charge in [-0.25, -0.2) is 0 Å². The van der Waals surface area contributed by atoms with Gasteiger partial charge in [0.1, 0.15) is 12.0 Å². The number of nitrogens with one attached hydrogen (secondary N) is 1. The molecule has 0 aliphatic rings. The largest absolute Gasteiger partial charge is 0.393 e. The van der Waals surface area contributed by atoms with E-state index < -0.39 is 5.92 Å². The fourth-order valence-corrected chi connectivity index (χ4v) is 1.99. The van der Waals surface area contributed by atoms with Crippen LogP contribution in [0, 0.1) is 5.92 Å². The summed E-state index contributed by atoms with van der Waals surface area (Å²) >= 11 is 4.99. The number of hydrogen-bond donors (Lipinski definition) is 2. The zero-order valence-electron chi connectivity index (χ0n) is 10.8. The van der Waals surface area contributed by atoms with E-state index in [1.165, 1.54) is 6.26 Å². The van der Waals surface area contributed by atoms with Gasteiger partial charge in [-0.3, -0.25) is 4.79 Å². The Hall–Kier alpha value is -2.21. The van der Waals surface area contributed by atoms with E-state index in [1.54, 1.807) is 6.07 Å². The molecule has 1 unspecified atom stereocenters. The minimum absolute atomic E-state index is 0.187. The van der Waals surface area contributed by atoms with Gasteiger partial charge in [-0.1, -0.05) is 47.7 Å². The van der Waals surface area contributed by atoms with Crippen LogP contribution in [0.25, 0.3) is 0 Å². The van der Waals surface area contributed by atoms with Crippen molar-refractivity contribution in [2.75, 3.05) is 0 Å². The molecule has 0 saturated heterocycles. The molecule has 0 aliphatic carbocycles. The number of benzene rings is 1. The van der Waals surface area contributed by atoms with Gasteiger partial charge in [0.2, 0.25) is 5.91 Å². The van der Waals surface area contributed by atoms with Gasteiger partial charge >= 0.3 is 0 Å². The first kappa shape index (κ1) is 14.2. The SMILES string of the molecule is NC(=S)C(Cc1ccccc1)C(=O)NCc1ccon1. The number of hydrogen-bond acceptors (Lipinski definition) is 4. The van der Waals surface area contributed by atoms with Crippen LogP contribution in [-0.2, 0) is 17.8 Å². The third-order valence-corrected chi connectivity index (χ3v) is 3.16. The highest BCUT2D eigenvalue weighted by Crippen LogP contribution is 2.10. The standard InChI is InChI=1S/C14H15N3O2S/c15-13(20)12(8-10-4-2-1-3-5-10)14(18)16-9-11-6-7-19-17-11/h1-7,12H,8-9H2,(H2,15,20)(H,16,18). The number of nitrogens with two attached hydrogens (primary N) is 1. The first-order valence-electron chi connectivity index (χ1n) is 6.17. The number of nitrogens with zero attached hydrogens (tertiary/aromatic N) is 1. The van der Waals surface area contributed by atoms with Crippen molar-refractivity contribution >= 4 is 23.1 Å². The monoisotopic (exact) mass is 289 g/mol. The Bertz CT molecular complexity index is 569. The summed E-state index contributed by atoms with van der Waals surface area (Å²) in [5, 5.41) is 6.48. The van der Waals surface area contributed by atoms with Crippen LogP contribution in [0.2, 0.25) is 0 Å². The minimum atomic E-state index is -0.528. The summed E-state index contributed by atoms with van der Waals surface area (Å²) in [5.74, 6) is -0.733. The zero-order chi connectivity index (χ0) is 14.4. The van der Waals surface area contributed by atoms with Crippen LogP contribution >= 0.6 is 12.2 Å². The molecule has 1 amide bonds. The third-order valence-electron chi connectivity index (χ3n) is 2.88. The van der Waals surface area contributed by atoms with E-state index in [9.17, 15) is 4.79 Å². The number of amides is 1. The van der Waals surface area contributed by atoms with Gasteiger partial charge in [-0.2, -0.15) is 0 Å². The first-order chi connectivity index (χ1) is 9.66. The number of carbonyl (C=O) groups excluding carboxylic acids is 1. The van der Waals surface area contributed by atoms with E-state index in [1.807, 2.05) is 30.3 Å². The molecule has 5 nitrogen and oxygen atoms in total. The molecule has 6 heteroatoms. The van der Waals surface area contributed by atoms with Gasteiger partial charge in [0, 0.05) is 6.07 Å². The van der Waals surface area contributed by atoms with Crippen LogP contribution in [0.15, 0.2) is 47.2 Å². The van der Waals surface area contributed by atoms with Crippen molar-refractivity contribution in [1.29, 1.82) is 0 Å². The van der Waals surface area contributed by atoms with Gasteiger partial charge in [0.15, 0.2) is 0 Å². The zero-order valence-corrected chi connectivity index (χ0v) is 11.6. The third kappa shape index (κ3) is 3.89. The molecule has 1 aromatic carbocycles. The highest BCUT2D eigenvalue weighted by molar-refractivity contribution is 7.80. The fourth-order valence-electron chi connectivity index (χ4n) is 1.80. The van der Waals surface area contributed by atoms with Crippen LogP contribution in [0.5, 0.6) is 0 Å². The second-order valence-corrected chi connectivity index (χ2v) is 4.82. The van der Waals surface area contributed by atoms with Crippen molar-refractivity contribution < 1.29 is 9.32 Å². The van der Waals surface area contributed by atoms with Crippen LogP contribution in [0.4, 0.5) is 0 Å². The quantitative estimate of drug-likeness (QED) is 0.786. The Morgan fingerprint density at radius 3 is 2.70 bits per heavy atom. The summed E-state index contributed by atoms with van der Waals surface area (Å²) in [7, 11) is 0. The molecule has 1 heterocycles. The predicted octanol–water partition coefficient (Wildman–Crippen LogP) is 1.44. The lowest BCUT2D eigenvalue weighted by Crippen LogP contribution is -2.38. The second kappa shape index (κ2) is 6.81. The molecule has 104 valence electrons. The molecule has 0 bridgehead atoms. The smallest absolute Gasteiger partial charge is 0.230 e. The van der Waals surface area contributed by atoms with Gasteiger partial charge in [0.05, 0.1) is 17.5 Å². The number of aromatic nitrogens is 1. The minimum Gasteiger partial charge on any atom is -0.393 e. The molecule has 2 aromatic rings. The lowest BCUT2D eigenvalue weighted by atomic mass is 9.98. The summed E-state index contributed by atoms with van der Waals surface area (Å²) in [6.45, 7) is 0.295. The number of thiocarbonyl (C=S) groups is 1. The topological polar surface area (TPSA) is 81.2 Å². The maximum Gasteiger partial charge on any atom is 0.230 e. The Balaban J connectivity index is 1.97. The molecule has 0 saturated carbocycles. The summed E-state index contributed by atoms with van der Waals surface area (Å²) < 4.78 is 4.70. The van der Waals surface area contributed by atoms with E-state index in [0.717, 1.165) is 5.56 Å². The normalized spacial score (nSPS) is 11.8. The van der Waals surface area contributed by atoms with E-state index in [4.69, 9.17) is 22.5 Å². The lowest BCUT2D eigenvalue weighted by Gasteiger charge is -2.15. The van der Waals surface area contributed by atoms with Crippen molar-refractivity contribution in [3.63, 3.8) is 0 Å². The average Bonchev–Trinajstić information content (AvgIpc) is 2.96. The van der Waals surface area contributed by atoms with Crippen molar-refractivity contribution in [3.05, 3.63) is 53.9 Å². The van der Waals surface area contributed by atoms with E-state index in [0.29, 0.717) is 18.7 Å². The Labute approximate surface area is 122 Å². The molecular weight excluding hydrogens is 274 g/mol. The first-order valence-corrected chi connectivity index (χ1v) is 6.58. The van der Waals surface area contributed by atoms with Crippen LogP contribution in [0.1, 0.15) is 11.3 Å². The van der Waals surface area contributed by atoms with Crippen LogP contribution in [0.3, 0.4) is 0 Å². The van der Waals surface area contributed by atoms with Crippen molar-refractivity contribution in [2.24, 2.45) is 11.7 Å². The second-order valence-electron chi connectivity index (χ2n) is 4.35. The number of carbonyl (C=O) groups is 1. The Morgan fingerprint density at radius 1 is 1.35 bits per heavy atom. The van der Waals surface area contributed by atoms with E-state index in [-0.39, 0.29) is 10.9 Å². The van der Waals surface area contributed by atoms with Gasteiger partial charge in [-0.15, -0.1) is 0 Å². The van der Waals surface area contributed by atoms with Gasteiger partial charge in [0.25, 0.3) is 0 Å². The summed E-state index contributed by atoms with van der Waals surface area (Å²) in [6, 6.07) is 11.3. The Morgan fingerprint density at radius 2 is 2.10 bits per heavy atom. The highest BCUT2D eigenvalue weighted by atomic mass is 32.1. The molecule has 0 fully saturated rings. The molecule has 0 spiro atoms. The van der Waals surface area contributed by atoms with Crippen molar-refractivity contribution in [3.8, 4) is 0 Å². The molecule has 2 rings (SSSR count). The van der Waals surface area contributed by atoms with E-state index in [2.05, 4.69) is 10.5 Å². The molecule has 1 atom stereocenters. The van der Waals surface area contributed by atoms with Gasteiger partial charge < -0.3 is 15.6 Å². The lowest BCUT2D eigenvalue weighted by molar-refractivity contribution is -0.123. The summed E-state index contributed by atoms with van der Waals surface area (Å²) in [6.07, 6.45) is 1.94. The molecular formula is C14H15N3O2S. The maximum absolute atomic E-state index is 12.1. The molecule has 0 radical (unpaired) electrons. The molecule has 20 heavy (non-hydrogen) atoms. The number of rotatable bonds is 6. The molecule has 0 aliphatic heterocycles. The highest BCUT2D eigenvalue weighted by Gasteiger charge is 2.21. The average molecular weight is 289 g/mol. The molecule has 3 N–H and O–H groups in total. The summed E-state index contributed by atoms with van der Waals surface area (Å²) in [5.41, 5.74) is 7.34. The van der Waals surface area contributed by atoms with Crippen molar-refractivity contribution in [2.45, 2.75) is 13.0 Å². The van der Waals surface area contributed by atoms with Crippen molar-refractivity contribution in [1.82, 2.24) is 10.5 Å².